The number of carbonyl (C=O) groups is 4. The van der Waals surface area contributed by atoms with Gasteiger partial charge in [-0.05, 0) is 25.3 Å². The lowest BCUT2D eigenvalue weighted by molar-refractivity contribution is -0.687. The van der Waals surface area contributed by atoms with Crippen molar-refractivity contribution in [1.29, 1.82) is 0 Å². The van der Waals surface area contributed by atoms with Crippen LogP contribution in [0.2, 0.25) is 0 Å². The summed E-state index contributed by atoms with van der Waals surface area (Å²) in [4.78, 5) is 60.5. The number of thiazole rings is 1. The molecule has 41 heavy (non-hydrogen) atoms. The van der Waals surface area contributed by atoms with Crippen LogP contribution in [0.5, 0.6) is 0 Å². The van der Waals surface area contributed by atoms with Crippen molar-refractivity contribution in [1.82, 2.24) is 15.2 Å². The molecule has 1 saturated heterocycles. The lowest BCUT2D eigenvalue weighted by atomic mass is 10.0. The maximum atomic E-state index is 13.2. The van der Waals surface area contributed by atoms with Gasteiger partial charge in [0.2, 0.25) is 5.60 Å². The fourth-order valence-electron chi connectivity index (χ4n) is 4.31. The van der Waals surface area contributed by atoms with Gasteiger partial charge < -0.3 is 26.1 Å². The summed E-state index contributed by atoms with van der Waals surface area (Å²) >= 11 is 2.36. The fourth-order valence-corrected chi connectivity index (χ4v) is 6.19. The molecular formula is C26H25N6O7S2+. The number of pyridine rings is 1. The minimum absolute atomic E-state index is 0.0342. The minimum atomic E-state index is -1.75. The lowest BCUT2D eigenvalue weighted by Gasteiger charge is -2.49. The van der Waals surface area contributed by atoms with E-state index in [2.05, 4.69) is 15.5 Å². The van der Waals surface area contributed by atoms with Crippen LogP contribution in [-0.2, 0) is 30.6 Å². The molecule has 2 aromatic heterocycles. The van der Waals surface area contributed by atoms with E-state index in [1.54, 1.807) is 0 Å². The van der Waals surface area contributed by atoms with Crippen molar-refractivity contribution in [3.63, 3.8) is 0 Å². The van der Waals surface area contributed by atoms with E-state index in [0.717, 1.165) is 22.1 Å². The first kappa shape index (κ1) is 28.0. The number of aliphatic carboxylic acids is 2. The van der Waals surface area contributed by atoms with Crippen LogP contribution in [0.25, 0.3) is 10.8 Å². The number of nitrogens with two attached hydrogens (primary N) is 1. The number of β-lactam (4-membered cyclic amide) rings is 1. The maximum Gasteiger partial charge on any atom is 0.352 e. The van der Waals surface area contributed by atoms with Crippen molar-refractivity contribution in [3.8, 4) is 0 Å². The molecule has 1 aromatic carbocycles. The number of hydrogen-bond donors (Lipinski definition) is 4. The van der Waals surface area contributed by atoms with Gasteiger partial charge >= 0.3 is 11.9 Å². The van der Waals surface area contributed by atoms with Crippen LogP contribution in [-0.4, -0.2) is 72.3 Å². The average Bonchev–Trinajstić information content (AvgIpc) is 3.36. The zero-order valence-electron chi connectivity index (χ0n) is 21.8. The normalized spacial score (nSPS) is 19.0. The topological polar surface area (TPSA) is 188 Å². The van der Waals surface area contributed by atoms with Crippen molar-refractivity contribution >= 4 is 68.5 Å². The van der Waals surface area contributed by atoms with Crippen LogP contribution in [0.3, 0.4) is 0 Å². The van der Waals surface area contributed by atoms with E-state index in [4.69, 9.17) is 10.6 Å². The number of thioether (sulfide) groups is 1. The van der Waals surface area contributed by atoms with E-state index in [-0.39, 0.29) is 28.8 Å². The Kier molecular flexibility index (Phi) is 7.40. The minimum Gasteiger partial charge on any atom is -0.478 e. The second-order valence-corrected chi connectivity index (χ2v) is 11.8. The number of nitrogen functional groups attached to an aromatic ring is 1. The first-order valence-electron chi connectivity index (χ1n) is 12.3. The SMILES string of the molecule is CC(C)(O/N=C(\C(=O)NC1C(=O)N2C(C(=O)O)=C(C[n+]3ccc4ccccc4c3)CS[C@H]12)c1csc(N)n1)C(=O)O. The summed E-state index contributed by atoms with van der Waals surface area (Å²) in [6, 6.07) is 8.68. The summed E-state index contributed by atoms with van der Waals surface area (Å²) in [5.41, 5.74) is 4.04. The molecule has 15 heteroatoms. The Hall–Kier alpha value is -4.50. The highest BCUT2D eigenvalue weighted by atomic mass is 32.2. The van der Waals surface area contributed by atoms with Crippen LogP contribution >= 0.6 is 23.1 Å². The summed E-state index contributed by atoms with van der Waals surface area (Å²) in [5, 5.41) is 28.6. The number of amides is 2. The third-order valence-electron chi connectivity index (χ3n) is 6.52. The predicted molar refractivity (Wildman–Crippen MR) is 150 cm³/mol. The second kappa shape index (κ2) is 10.8. The molecule has 3 aromatic rings. The lowest BCUT2D eigenvalue weighted by Crippen LogP contribution is -2.71. The summed E-state index contributed by atoms with van der Waals surface area (Å²) < 4.78 is 1.87. The number of oxime groups is 1. The monoisotopic (exact) mass is 597 g/mol. The summed E-state index contributed by atoms with van der Waals surface area (Å²) in [7, 11) is 0. The number of fused-ring (bicyclic) bond motifs is 2. The number of rotatable bonds is 9. The second-order valence-electron chi connectivity index (χ2n) is 9.78. The highest BCUT2D eigenvalue weighted by Gasteiger charge is 2.55. The molecule has 2 atom stereocenters. The smallest absolute Gasteiger partial charge is 0.352 e. The van der Waals surface area contributed by atoms with Crippen molar-refractivity contribution < 1.29 is 38.8 Å². The number of benzene rings is 1. The Morgan fingerprint density at radius 1 is 1.24 bits per heavy atom. The number of nitrogens with one attached hydrogen (secondary N) is 1. The molecule has 5 N–H and O–H groups in total. The summed E-state index contributed by atoms with van der Waals surface area (Å²) in [5.74, 6) is -3.68. The van der Waals surface area contributed by atoms with Crippen molar-refractivity contribution in [2.75, 3.05) is 11.5 Å². The molecular weight excluding hydrogens is 572 g/mol. The summed E-state index contributed by atoms with van der Waals surface area (Å²) in [6.07, 6.45) is 3.77. The van der Waals surface area contributed by atoms with Crippen molar-refractivity contribution in [3.05, 3.63) is 65.1 Å². The third-order valence-corrected chi connectivity index (χ3v) is 8.53. The average molecular weight is 598 g/mol. The fraction of sp³-hybridized carbons (Fsp3) is 0.269. The Labute approximate surface area is 241 Å². The van der Waals surface area contributed by atoms with Gasteiger partial charge in [-0.2, -0.15) is 0 Å². The molecule has 0 aliphatic carbocycles. The van der Waals surface area contributed by atoms with E-state index in [0.29, 0.717) is 11.3 Å². The van der Waals surface area contributed by atoms with Gasteiger partial charge in [0.05, 0.1) is 0 Å². The van der Waals surface area contributed by atoms with Gasteiger partial charge in [0, 0.05) is 28.2 Å². The van der Waals surface area contributed by atoms with Crippen molar-refractivity contribution in [2.24, 2.45) is 5.16 Å². The van der Waals surface area contributed by atoms with Gasteiger partial charge in [-0.25, -0.2) is 19.1 Å². The quantitative estimate of drug-likeness (QED) is 0.121. The molecule has 1 unspecified atom stereocenters. The molecule has 5 rings (SSSR count). The number of hydrogen-bond acceptors (Lipinski definition) is 10. The van der Waals surface area contributed by atoms with E-state index in [1.165, 1.54) is 35.9 Å². The number of nitrogens with zero attached hydrogens (tertiary/aromatic N) is 4. The van der Waals surface area contributed by atoms with Gasteiger partial charge in [0.25, 0.3) is 11.8 Å². The number of aromatic nitrogens is 2. The molecule has 2 aliphatic rings. The zero-order chi connectivity index (χ0) is 29.5. The molecule has 212 valence electrons. The molecule has 0 radical (unpaired) electrons. The number of carboxylic acids is 2. The molecule has 0 bridgehead atoms. The first-order chi connectivity index (χ1) is 19.5. The van der Waals surface area contributed by atoms with Crippen LogP contribution in [0.4, 0.5) is 5.13 Å². The van der Waals surface area contributed by atoms with E-state index in [9.17, 15) is 29.4 Å². The molecule has 2 aliphatic heterocycles. The van der Waals surface area contributed by atoms with Crippen LogP contribution < -0.4 is 15.6 Å². The van der Waals surface area contributed by atoms with Crippen LogP contribution in [0.1, 0.15) is 19.5 Å². The van der Waals surface area contributed by atoms with E-state index >= 15 is 0 Å². The van der Waals surface area contributed by atoms with Gasteiger partial charge in [-0.3, -0.25) is 14.5 Å². The van der Waals surface area contributed by atoms with E-state index < -0.39 is 40.8 Å². The number of carbonyl (C=O) groups excluding carboxylic acids is 2. The number of anilines is 1. The molecule has 0 saturated carbocycles. The zero-order valence-corrected chi connectivity index (χ0v) is 23.4. The Bertz CT molecular complexity index is 1650. The Morgan fingerprint density at radius 3 is 2.63 bits per heavy atom. The van der Waals surface area contributed by atoms with Gasteiger partial charge in [0.15, 0.2) is 29.8 Å². The van der Waals surface area contributed by atoms with Crippen molar-refractivity contribution in [2.45, 2.75) is 37.4 Å². The van der Waals surface area contributed by atoms with Gasteiger partial charge in [-0.15, -0.1) is 23.1 Å². The van der Waals surface area contributed by atoms with Gasteiger partial charge in [-0.1, -0.05) is 23.4 Å². The highest BCUT2D eigenvalue weighted by Crippen LogP contribution is 2.40. The Morgan fingerprint density at radius 2 is 1.98 bits per heavy atom. The summed E-state index contributed by atoms with van der Waals surface area (Å²) in [6.45, 7) is 2.78. The van der Waals surface area contributed by atoms with Gasteiger partial charge in [0.1, 0.15) is 22.8 Å². The molecule has 1 fully saturated rings. The molecule has 0 spiro atoms. The number of carboxylic acid groups (broad SMARTS) is 2. The Balaban J connectivity index is 1.36. The third kappa shape index (κ3) is 5.45. The molecule has 2 amide bonds. The predicted octanol–water partition coefficient (Wildman–Crippen LogP) is 1.19. The molecule has 13 nitrogen and oxygen atoms in total. The van der Waals surface area contributed by atoms with Crippen LogP contribution in [0.15, 0.2) is 64.5 Å². The molecule has 4 heterocycles. The standard InChI is InChI=1S/C26H24N6O7S2/c1-26(2,24(37)38)39-30-17(16-12-41-25(27)28-16)20(33)29-18-21(34)32-19(23(35)36)15(11-40-22(18)32)10-31-8-7-13-5-3-4-6-14(13)9-31/h3-9,12,18,22H,10-11H2,1-2H3,(H4-,27,28,29,33,35,36,37,38)/p+1/b30-17-/t18?,22-/m1/s1. The largest absolute Gasteiger partial charge is 0.478 e. The first-order valence-corrected chi connectivity index (χ1v) is 14.2. The highest BCUT2D eigenvalue weighted by molar-refractivity contribution is 8.00. The van der Waals surface area contributed by atoms with E-state index in [1.807, 2.05) is 47.3 Å². The van der Waals surface area contributed by atoms with Crippen LogP contribution in [0, 0.1) is 0 Å². The maximum absolute atomic E-state index is 13.2.